The molecule has 31 heavy (non-hydrogen) atoms. The second-order valence-corrected chi connectivity index (χ2v) is 13.6. The zero-order chi connectivity index (χ0) is 23.0. The quantitative estimate of drug-likeness (QED) is 0.251. The summed E-state index contributed by atoms with van der Waals surface area (Å²) in [5.41, 5.74) is 0. The van der Waals surface area contributed by atoms with Crippen molar-refractivity contribution in [1.82, 2.24) is 0 Å². The summed E-state index contributed by atoms with van der Waals surface area (Å²) in [6, 6.07) is 17.1. The van der Waals surface area contributed by atoms with E-state index in [1.165, 1.54) is 36.4 Å². The van der Waals surface area contributed by atoms with E-state index < -0.39 is 30.7 Å². The molecule has 0 saturated heterocycles. The Morgan fingerprint density at radius 2 is 0.613 bits per heavy atom. The van der Waals surface area contributed by atoms with Crippen LogP contribution in [0.1, 0.15) is 0 Å². The molecule has 0 amide bonds. The summed E-state index contributed by atoms with van der Waals surface area (Å²) in [5.74, 6) is 0. The van der Waals surface area contributed by atoms with E-state index in [2.05, 4.69) is 0 Å². The number of hydrogen-bond acceptors (Lipinski definition) is 3. The van der Waals surface area contributed by atoms with Gasteiger partial charge in [-0.15, -0.1) is 0 Å². The summed E-state index contributed by atoms with van der Waals surface area (Å²) in [6.07, 6.45) is 0. The predicted octanol–water partition coefficient (Wildman–Crippen LogP) is -0.146. The van der Waals surface area contributed by atoms with Gasteiger partial charge >= 0.3 is 22.8 Å². The van der Waals surface area contributed by atoms with Crippen molar-refractivity contribution in [2.75, 3.05) is 0 Å². The molecule has 164 valence electrons. The zero-order valence-electron chi connectivity index (χ0n) is 15.6. The summed E-state index contributed by atoms with van der Waals surface area (Å²) < 4.78 is 34.4. The van der Waals surface area contributed by atoms with Gasteiger partial charge < -0.3 is 29.4 Å². The van der Waals surface area contributed by atoms with Crippen molar-refractivity contribution in [3.8, 4) is 0 Å². The van der Waals surface area contributed by atoms with Crippen molar-refractivity contribution in [1.29, 1.82) is 0 Å². The standard InChI is InChI=1S/C18H18O9P4/c19-29(20,21)16-7-1-13(2-8-16)28(14-3-9-17(10-4-14)30(22,23)24)15-5-11-18(12-6-15)31(25,26)27/h1-12H,(H2,19,20,21)(H2,22,23,24)(H2,25,26,27). The molecule has 0 saturated carbocycles. The van der Waals surface area contributed by atoms with Crippen LogP contribution in [-0.4, -0.2) is 29.4 Å². The van der Waals surface area contributed by atoms with Gasteiger partial charge in [0.25, 0.3) is 0 Å². The Labute approximate surface area is 178 Å². The maximum Gasteiger partial charge on any atom is 0.356 e. The molecular formula is C18H18O9P4. The van der Waals surface area contributed by atoms with Crippen LogP contribution in [-0.2, 0) is 13.7 Å². The van der Waals surface area contributed by atoms with Gasteiger partial charge in [0.1, 0.15) is 0 Å². The predicted molar refractivity (Wildman–Crippen MR) is 120 cm³/mol. The third kappa shape index (κ3) is 5.87. The first-order valence-electron chi connectivity index (χ1n) is 8.55. The minimum Gasteiger partial charge on any atom is -0.321 e. The van der Waals surface area contributed by atoms with Gasteiger partial charge in [-0.2, -0.15) is 0 Å². The normalized spacial score (nSPS) is 12.9. The Hall–Kier alpha value is -1.46. The van der Waals surface area contributed by atoms with Crippen molar-refractivity contribution in [3.63, 3.8) is 0 Å². The smallest absolute Gasteiger partial charge is 0.321 e. The molecule has 9 nitrogen and oxygen atoms in total. The summed E-state index contributed by atoms with van der Waals surface area (Å²) >= 11 is 0. The van der Waals surface area contributed by atoms with Crippen LogP contribution < -0.4 is 31.8 Å². The second-order valence-electron chi connectivity index (χ2n) is 6.52. The third-order valence-electron chi connectivity index (χ3n) is 4.33. The van der Waals surface area contributed by atoms with Crippen molar-refractivity contribution < 1.29 is 43.1 Å². The van der Waals surface area contributed by atoms with Crippen molar-refractivity contribution in [3.05, 3.63) is 72.8 Å². The van der Waals surface area contributed by atoms with Crippen molar-refractivity contribution in [2.45, 2.75) is 0 Å². The number of benzene rings is 3. The Bertz CT molecular complexity index is 1050. The average molecular weight is 502 g/mol. The number of rotatable bonds is 6. The highest BCUT2D eigenvalue weighted by Gasteiger charge is 2.23. The lowest BCUT2D eigenvalue weighted by atomic mass is 10.3. The van der Waals surface area contributed by atoms with Crippen molar-refractivity contribution >= 4 is 62.5 Å². The van der Waals surface area contributed by atoms with E-state index in [1.807, 2.05) is 0 Å². The van der Waals surface area contributed by atoms with Crippen LogP contribution in [0.3, 0.4) is 0 Å². The number of hydrogen-bond donors (Lipinski definition) is 6. The third-order valence-corrected chi connectivity index (χ3v) is 9.69. The van der Waals surface area contributed by atoms with Gasteiger partial charge in [0.05, 0.1) is 15.9 Å². The molecule has 0 unspecified atom stereocenters. The van der Waals surface area contributed by atoms with Gasteiger partial charge in [0.2, 0.25) is 0 Å². The first kappa shape index (κ1) is 24.2. The molecule has 0 aromatic heterocycles. The van der Waals surface area contributed by atoms with Gasteiger partial charge in [-0.1, -0.05) is 36.4 Å². The van der Waals surface area contributed by atoms with E-state index in [0.717, 1.165) is 0 Å². The molecule has 0 radical (unpaired) electrons. The molecule has 6 N–H and O–H groups in total. The zero-order valence-corrected chi connectivity index (χ0v) is 19.2. The van der Waals surface area contributed by atoms with Crippen LogP contribution in [0.4, 0.5) is 0 Å². The summed E-state index contributed by atoms with van der Waals surface area (Å²) in [6.45, 7) is 0. The molecule has 0 aliphatic rings. The fraction of sp³-hybridized carbons (Fsp3) is 0. The molecule has 0 heterocycles. The largest absolute Gasteiger partial charge is 0.356 e. The summed E-state index contributed by atoms with van der Waals surface area (Å²) in [7, 11) is -14.6. The Morgan fingerprint density at radius 1 is 0.419 bits per heavy atom. The highest BCUT2D eigenvalue weighted by Crippen LogP contribution is 2.38. The van der Waals surface area contributed by atoms with Gasteiger partial charge in [-0.3, -0.25) is 13.7 Å². The Balaban J connectivity index is 2.11. The van der Waals surface area contributed by atoms with Crippen LogP contribution in [0.5, 0.6) is 0 Å². The van der Waals surface area contributed by atoms with E-state index in [-0.39, 0.29) is 15.9 Å². The molecule has 0 fully saturated rings. The monoisotopic (exact) mass is 502 g/mol. The van der Waals surface area contributed by atoms with Gasteiger partial charge in [-0.25, -0.2) is 0 Å². The molecule has 0 aliphatic heterocycles. The van der Waals surface area contributed by atoms with Crippen LogP contribution in [0.2, 0.25) is 0 Å². The van der Waals surface area contributed by atoms with Crippen LogP contribution >= 0.6 is 30.7 Å². The van der Waals surface area contributed by atoms with Gasteiger partial charge in [0.15, 0.2) is 0 Å². The fourth-order valence-electron chi connectivity index (χ4n) is 2.83. The minimum absolute atomic E-state index is 0.153. The Kier molecular flexibility index (Phi) is 6.88. The molecule has 13 heteroatoms. The van der Waals surface area contributed by atoms with Crippen LogP contribution in [0.15, 0.2) is 72.8 Å². The van der Waals surface area contributed by atoms with E-state index in [0.29, 0.717) is 15.9 Å². The minimum atomic E-state index is -4.43. The van der Waals surface area contributed by atoms with Crippen molar-refractivity contribution in [2.24, 2.45) is 0 Å². The van der Waals surface area contributed by atoms with Crippen LogP contribution in [0.25, 0.3) is 0 Å². The molecule has 3 aromatic carbocycles. The van der Waals surface area contributed by atoms with Gasteiger partial charge in [0, 0.05) is 0 Å². The molecule has 3 aromatic rings. The Morgan fingerprint density at radius 3 is 0.774 bits per heavy atom. The molecule has 0 aliphatic carbocycles. The molecule has 3 rings (SSSR count). The molecule has 0 bridgehead atoms. The van der Waals surface area contributed by atoms with E-state index in [9.17, 15) is 43.1 Å². The molecule has 0 atom stereocenters. The lowest BCUT2D eigenvalue weighted by Crippen LogP contribution is -2.23. The second kappa shape index (κ2) is 8.82. The topological polar surface area (TPSA) is 173 Å². The van der Waals surface area contributed by atoms with E-state index >= 15 is 0 Å². The fourth-order valence-corrected chi connectivity index (χ4v) is 6.68. The highest BCUT2D eigenvalue weighted by molar-refractivity contribution is 7.79. The first-order chi connectivity index (χ1) is 14.3. The van der Waals surface area contributed by atoms with Gasteiger partial charge in [-0.05, 0) is 60.2 Å². The summed E-state index contributed by atoms with van der Waals surface area (Å²) in [4.78, 5) is 56.0. The maximum absolute atomic E-state index is 11.5. The molecular weight excluding hydrogens is 484 g/mol. The SMILES string of the molecule is O=P(O)(O)c1ccc(P(c2ccc(P(=O)(O)O)cc2)c2ccc(P(=O)(O)O)cc2)cc1. The maximum atomic E-state index is 11.5. The lowest BCUT2D eigenvalue weighted by molar-refractivity contribution is 0.385. The van der Waals surface area contributed by atoms with Crippen LogP contribution in [0, 0.1) is 0 Å². The summed E-state index contributed by atoms with van der Waals surface area (Å²) in [5, 5.41) is 1.58. The lowest BCUT2D eigenvalue weighted by Gasteiger charge is -2.20. The van der Waals surface area contributed by atoms with E-state index in [1.54, 1.807) is 36.4 Å². The first-order valence-corrected chi connectivity index (χ1v) is 14.7. The molecule has 0 spiro atoms. The highest BCUT2D eigenvalue weighted by atomic mass is 31.2. The average Bonchev–Trinajstić information content (AvgIpc) is 2.67. The van der Waals surface area contributed by atoms with E-state index in [4.69, 9.17) is 0 Å².